The predicted octanol–water partition coefficient (Wildman–Crippen LogP) is 2.23. The number of halogens is 2. The Morgan fingerprint density at radius 2 is 2.20 bits per heavy atom. The Morgan fingerprint density at radius 3 is 2.73 bits per heavy atom. The van der Waals surface area contributed by atoms with Crippen molar-refractivity contribution < 1.29 is 13.0 Å². The van der Waals surface area contributed by atoms with Gasteiger partial charge < -0.3 is 0 Å². The Morgan fingerprint density at radius 1 is 1.53 bits per heavy atom. The molecule has 0 saturated carbocycles. The van der Waals surface area contributed by atoms with E-state index in [2.05, 4.69) is 0 Å². The van der Waals surface area contributed by atoms with E-state index in [1.165, 1.54) is 0 Å². The fourth-order valence-corrected chi connectivity index (χ4v) is 2.22. The van der Waals surface area contributed by atoms with Gasteiger partial charge in [0.05, 0.1) is 27.7 Å². The molecule has 0 saturated heterocycles. The fourth-order valence-electron chi connectivity index (χ4n) is 1.01. The molecule has 15 heavy (non-hydrogen) atoms. The zero-order valence-electron chi connectivity index (χ0n) is 8.04. The minimum atomic E-state index is -1.60. The molecule has 0 aromatic heterocycles. The number of nitriles is 1. The minimum Gasteiger partial charge on any atom is -0.254 e. The van der Waals surface area contributed by atoms with Gasteiger partial charge in [0.15, 0.2) is 0 Å². The first-order valence-corrected chi connectivity index (χ1v) is 5.59. The van der Waals surface area contributed by atoms with E-state index in [1.54, 1.807) is 6.92 Å². The molecule has 0 fully saturated rings. The lowest BCUT2D eigenvalue weighted by atomic mass is 10.3. The van der Waals surface area contributed by atoms with E-state index < -0.39 is 28.4 Å². The highest BCUT2D eigenvalue weighted by molar-refractivity contribution is 7.85. The average molecular weight is 229 g/mol. The molecule has 5 heteroatoms. The van der Waals surface area contributed by atoms with Crippen molar-refractivity contribution in [2.75, 3.05) is 5.75 Å². The van der Waals surface area contributed by atoms with Gasteiger partial charge in [-0.3, -0.25) is 4.21 Å². The molecule has 0 aliphatic carbocycles. The third-order valence-corrected chi connectivity index (χ3v) is 3.39. The largest absolute Gasteiger partial charge is 0.254 e. The Kier molecular flexibility index (Phi) is 3.92. The van der Waals surface area contributed by atoms with E-state index in [0.29, 0.717) is 6.07 Å². The van der Waals surface area contributed by atoms with Gasteiger partial charge in [-0.15, -0.1) is 0 Å². The van der Waals surface area contributed by atoms with Crippen LogP contribution in [0.4, 0.5) is 8.78 Å². The standard InChI is InChI=1S/C10H9F2NOS/c1-7(5-13)6-15(14)10-3-2-8(11)4-9(10)12/h2-4,7H,6H2,1H3. The van der Waals surface area contributed by atoms with Gasteiger partial charge >= 0.3 is 0 Å². The number of hydrogen-bond acceptors (Lipinski definition) is 2. The zero-order valence-corrected chi connectivity index (χ0v) is 8.85. The molecule has 0 bridgehead atoms. The third kappa shape index (κ3) is 3.10. The zero-order chi connectivity index (χ0) is 11.4. The van der Waals surface area contributed by atoms with Crippen LogP contribution in [0.25, 0.3) is 0 Å². The number of nitrogens with zero attached hydrogens (tertiary/aromatic N) is 1. The summed E-state index contributed by atoms with van der Waals surface area (Å²) >= 11 is 0. The average Bonchev–Trinajstić information content (AvgIpc) is 2.17. The van der Waals surface area contributed by atoms with Gasteiger partial charge in [0.25, 0.3) is 0 Å². The van der Waals surface area contributed by atoms with Crippen LogP contribution in [0.3, 0.4) is 0 Å². The monoisotopic (exact) mass is 229 g/mol. The molecule has 0 heterocycles. The lowest BCUT2D eigenvalue weighted by Gasteiger charge is -2.04. The maximum atomic E-state index is 13.1. The van der Waals surface area contributed by atoms with Crippen LogP contribution in [-0.2, 0) is 10.8 Å². The summed E-state index contributed by atoms with van der Waals surface area (Å²) in [5.41, 5.74) is 0. The topological polar surface area (TPSA) is 40.9 Å². The lowest BCUT2D eigenvalue weighted by Crippen LogP contribution is -2.07. The van der Waals surface area contributed by atoms with Gasteiger partial charge in [-0.1, -0.05) is 0 Å². The van der Waals surface area contributed by atoms with Gasteiger partial charge in [-0.2, -0.15) is 5.26 Å². The molecular weight excluding hydrogens is 220 g/mol. The molecule has 1 aromatic rings. The van der Waals surface area contributed by atoms with Crippen LogP contribution in [0.5, 0.6) is 0 Å². The number of rotatable bonds is 3. The van der Waals surface area contributed by atoms with E-state index in [-0.39, 0.29) is 10.6 Å². The molecule has 1 rings (SSSR count). The summed E-state index contributed by atoms with van der Waals surface area (Å²) in [5, 5.41) is 8.51. The third-order valence-electron chi connectivity index (χ3n) is 1.76. The highest BCUT2D eigenvalue weighted by Gasteiger charge is 2.13. The highest BCUT2D eigenvalue weighted by atomic mass is 32.2. The van der Waals surface area contributed by atoms with Crippen LogP contribution >= 0.6 is 0 Å². The first-order valence-electron chi connectivity index (χ1n) is 4.27. The van der Waals surface area contributed by atoms with Crippen molar-refractivity contribution in [2.24, 2.45) is 5.92 Å². The van der Waals surface area contributed by atoms with Crippen LogP contribution in [0.2, 0.25) is 0 Å². The van der Waals surface area contributed by atoms with E-state index in [0.717, 1.165) is 12.1 Å². The Hall–Kier alpha value is -1.28. The van der Waals surface area contributed by atoms with Crippen molar-refractivity contribution >= 4 is 10.8 Å². The van der Waals surface area contributed by atoms with Gasteiger partial charge in [0, 0.05) is 11.8 Å². The number of benzene rings is 1. The van der Waals surface area contributed by atoms with Crippen LogP contribution in [0.15, 0.2) is 23.1 Å². The molecule has 0 aliphatic heterocycles. The van der Waals surface area contributed by atoms with Crippen molar-refractivity contribution in [1.29, 1.82) is 5.26 Å². The molecular formula is C10H9F2NOS. The molecule has 2 nitrogen and oxygen atoms in total. The van der Waals surface area contributed by atoms with E-state index in [1.807, 2.05) is 6.07 Å². The Bertz CT molecular complexity index is 428. The van der Waals surface area contributed by atoms with Crippen LogP contribution in [-0.4, -0.2) is 9.96 Å². The summed E-state index contributed by atoms with van der Waals surface area (Å²) in [5.74, 6) is -1.91. The van der Waals surface area contributed by atoms with Gasteiger partial charge in [-0.25, -0.2) is 8.78 Å². The Balaban J connectivity index is 2.88. The predicted molar refractivity (Wildman–Crippen MR) is 52.4 cm³/mol. The molecule has 0 N–H and O–H groups in total. The second kappa shape index (κ2) is 4.99. The van der Waals surface area contributed by atoms with Crippen molar-refractivity contribution in [3.63, 3.8) is 0 Å². The quantitative estimate of drug-likeness (QED) is 0.797. The van der Waals surface area contributed by atoms with Crippen molar-refractivity contribution in [1.82, 2.24) is 0 Å². The molecule has 0 radical (unpaired) electrons. The van der Waals surface area contributed by atoms with E-state index in [9.17, 15) is 13.0 Å². The van der Waals surface area contributed by atoms with Gasteiger partial charge in [0.1, 0.15) is 11.6 Å². The van der Waals surface area contributed by atoms with Crippen LogP contribution in [0, 0.1) is 28.9 Å². The summed E-state index contributed by atoms with van der Waals surface area (Å²) < 4.78 is 37.2. The van der Waals surface area contributed by atoms with Crippen molar-refractivity contribution in [3.8, 4) is 6.07 Å². The molecule has 80 valence electrons. The van der Waals surface area contributed by atoms with E-state index >= 15 is 0 Å². The second-order valence-corrected chi connectivity index (χ2v) is 4.58. The molecule has 1 aromatic carbocycles. The second-order valence-electron chi connectivity index (χ2n) is 3.12. The Labute approximate surface area is 89.0 Å². The first kappa shape index (κ1) is 11.8. The highest BCUT2D eigenvalue weighted by Crippen LogP contribution is 2.15. The maximum Gasteiger partial charge on any atom is 0.142 e. The lowest BCUT2D eigenvalue weighted by molar-refractivity contribution is 0.562. The summed E-state index contributed by atoms with van der Waals surface area (Å²) in [6.07, 6.45) is 0. The number of hydrogen-bond donors (Lipinski definition) is 0. The summed E-state index contributed by atoms with van der Waals surface area (Å²) in [6, 6.07) is 4.78. The van der Waals surface area contributed by atoms with Crippen LogP contribution < -0.4 is 0 Å². The normalized spacial score (nSPS) is 14.3. The van der Waals surface area contributed by atoms with Gasteiger partial charge in [0.2, 0.25) is 0 Å². The summed E-state index contributed by atoms with van der Waals surface area (Å²) in [4.78, 5) is -0.0569. The molecule has 2 unspecified atom stereocenters. The SMILES string of the molecule is CC(C#N)CS(=O)c1ccc(F)cc1F. The first-order chi connectivity index (χ1) is 7.04. The molecule has 0 spiro atoms. The minimum absolute atomic E-state index is 0.0546. The van der Waals surface area contributed by atoms with Crippen LogP contribution in [0.1, 0.15) is 6.92 Å². The fraction of sp³-hybridized carbons (Fsp3) is 0.300. The van der Waals surface area contributed by atoms with Crippen molar-refractivity contribution in [2.45, 2.75) is 11.8 Å². The molecule has 2 atom stereocenters. The molecule has 0 amide bonds. The summed E-state index contributed by atoms with van der Waals surface area (Å²) in [6.45, 7) is 1.60. The molecule has 0 aliphatic rings. The van der Waals surface area contributed by atoms with E-state index in [4.69, 9.17) is 5.26 Å². The van der Waals surface area contributed by atoms with Gasteiger partial charge in [-0.05, 0) is 19.1 Å². The smallest absolute Gasteiger partial charge is 0.142 e. The maximum absolute atomic E-state index is 13.1. The van der Waals surface area contributed by atoms with Crippen molar-refractivity contribution in [3.05, 3.63) is 29.8 Å². The summed E-state index contributed by atoms with van der Waals surface area (Å²) in [7, 11) is -1.60.